The Morgan fingerprint density at radius 3 is 0.710 bits per heavy atom. The van der Waals surface area contributed by atoms with Crippen LogP contribution in [-0.4, -0.2) is 96.7 Å². The second-order valence-electron chi connectivity index (χ2n) is 30.8. The van der Waals surface area contributed by atoms with Crippen LogP contribution in [0, 0.1) is 23.7 Å². The van der Waals surface area contributed by atoms with Gasteiger partial charge in [0.2, 0.25) is 0 Å². The maximum Gasteiger partial charge on any atom is 0.472 e. The van der Waals surface area contributed by atoms with Gasteiger partial charge in [-0.25, -0.2) is 9.13 Å². The maximum absolute atomic E-state index is 13.1. The van der Waals surface area contributed by atoms with E-state index in [1.807, 2.05) is 0 Å². The quantitative estimate of drug-likeness (QED) is 0.0222. The number of rotatable bonds is 78. The SMILES string of the molecule is CCC(C)CCCCCCCCC(=O)OC[C@H](COP(=O)(O)OC[C@H](O)COP(=O)(O)OC[C@@H](COC(=O)CCCCCCCCCCCCCCCCCCC(C)C)OC(=O)CCCCCCCCCCCCCCCC(C)C)OC(=O)CCCCCCCCCCCCCCC(C)C. The number of phosphoric ester groups is 2. The lowest BCUT2D eigenvalue weighted by atomic mass is 10.00. The Kier molecular flexibility index (Phi) is 68.7. The van der Waals surface area contributed by atoms with Crippen LogP contribution in [0.3, 0.4) is 0 Å². The number of aliphatic hydroxyl groups excluding tert-OH is 1. The van der Waals surface area contributed by atoms with Crippen LogP contribution < -0.4 is 0 Å². The number of carbonyl (C=O) groups is 4. The van der Waals surface area contributed by atoms with Gasteiger partial charge in [0, 0.05) is 25.7 Å². The summed E-state index contributed by atoms with van der Waals surface area (Å²) in [6, 6.07) is 0. The van der Waals surface area contributed by atoms with E-state index < -0.39 is 97.5 Å². The predicted octanol–water partition coefficient (Wildman–Crippen LogP) is 24.0. The molecule has 100 heavy (non-hydrogen) atoms. The minimum absolute atomic E-state index is 0.106. The lowest BCUT2D eigenvalue weighted by molar-refractivity contribution is -0.161. The summed E-state index contributed by atoms with van der Waals surface area (Å²) in [6.45, 7) is 14.3. The summed E-state index contributed by atoms with van der Waals surface area (Å²) in [6.07, 6.45) is 56.9. The molecule has 6 atom stereocenters. The van der Waals surface area contributed by atoms with E-state index in [1.54, 1.807) is 0 Å². The summed E-state index contributed by atoms with van der Waals surface area (Å²) in [7, 11) is -9.92. The first-order valence-electron chi connectivity index (χ1n) is 41.7. The second-order valence-corrected chi connectivity index (χ2v) is 33.7. The smallest absolute Gasteiger partial charge is 0.462 e. The van der Waals surface area contributed by atoms with Crippen molar-refractivity contribution in [3.05, 3.63) is 0 Å². The number of esters is 4. The molecule has 0 aliphatic carbocycles. The van der Waals surface area contributed by atoms with Gasteiger partial charge >= 0.3 is 39.5 Å². The third kappa shape index (κ3) is 73.0. The molecule has 0 saturated carbocycles. The zero-order chi connectivity index (χ0) is 73.8. The zero-order valence-corrected chi connectivity index (χ0v) is 67.6. The Hall–Kier alpha value is -1.94. The molecule has 0 aromatic carbocycles. The molecule has 0 heterocycles. The van der Waals surface area contributed by atoms with Crippen LogP contribution in [0.5, 0.6) is 0 Å². The van der Waals surface area contributed by atoms with Crippen molar-refractivity contribution in [2.45, 2.75) is 433 Å². The summed E-state index contributed by atoms with van der Waals surface area (Å²) in [5, 5.41) is 10.6. The normalized spacial score (nSPS) is 14.3. The Labute approximate surface area is 613 Å². The van der Waals surface area contributed by atoms with Gasteiger partial charge in [-0.2, -0.15) is 0 Å². The highest BCUT2D eigenvalue weighted by atomic mass is 31.2. The van der Waals surface area contributed by atoms with Crippen LogP contribution in [0.4, 0.5) is 0 Å². The lowest BCUT2D eigenvalue weighted by Gasteiger charge is -2.21. The minimum atomic E-state index is -4.96. The number of aliphatic hydroxyl groups is 1. The van der Waals surface area contributed by atoms with Gasteiger partial charge in [-0.3, -0.25) is 37.3 Å². The molecule has 17 nitrogen and oxygen atoms in total. The van der Waals surface area contributed by atoms with Crippen LogP contribution in [0.1, 0.15) is 415 Å². The summed E-state index contributed by atoms with van der Waals surface area (Å²) in [5.74, 6) is 0.992. The highest BCUT2D eigenvalue weighted by molar-refractivity contribution is 7.47. The van der Waals surface area contributed by atoms with Gasteiger partial charge in [-0.05, 0) is 49.4 Å². The molecule has 0 aliphatic heterocycles. The molecule has 3 N–H and O–H groups in total. The zero-order valence-electron chi connectivity index (χ0n) is 65.8. The largest absolute Gasteiger partial charge is 0.472 e. The first kappa shape index (κ1) is 98.1. The van der Waals surface area contributed by atoms with Crippen molar-refractivity contribution in [2.24, 2.45) is 23.7 Å². The predicted molar refractivity (Wildman–Crippen MR) is 409 cm³/mol. The number of ether oxygens (including phenoxy) is 4. The van der Waals surface area contributed by atoms with Crippen molar-refractivity contribution >= 4 is 39.5 Å². The fourth-order valence-corrected chi connectivity index (χ4v) is 14.0. The number of phosphoric acid groups is 2. The average molecular weight is 1470 g/mol. The topological polar surface area (TPSA) is 237 Å². The molecule has 0 aromatic rings. The summed E-state index contributed by atoms with van der Waals surface area (Å²) in [5.41, 5.74) is 0. The molecule has 0 rings (SSSR count). The minimum Gasteiger partial charge on any atom is -0.462 e. The van der Waals surface area contributed by atoms with Crippen LogP contribution in [0.2, 0.25) is 0 Å². The van der Waals surface area contributed by atoms with E-state index in [0.717, 1.165) is 120 Å². The van der Waals surface area contributed by atoms with E-state index in [2.05, 4.69) is 55.4 Å². The third-order valence-electron chi connectivity index (χ3n) is 19.2. The number of hydrogen-bond acceptors (Lipinski definition) is 15. The van der Waals surface area contributed by atoms with Crippen molar-refractivity contribution in [2.75, 3.05) is 39.6 Å². The van der Waals surface area contributed by atoms with Crippen LogP contribution in [0.25, 0.3) is 0 Å². The Morgan fingerprint density at radius 2 is 0.480 bits per heavy atom. The molecule has 0 fully saturated rings. The summed E-state index contributed by atoms with van der Waals surface area (Å²) < 4.78 is 68.7. The van der Waals surface area contributed by atoms with Crippen LogP contribution in [0.15, 0.2) is 0 Å². The molecule has 0 aliphatic rings. The fourth-order valence-electron chi connectivity index (χ4n) is 12.4. The highest BCUT2D eigenvalue weighted by Crippen LogP contribution is 2.45. The molecule has 0 radical (unpaired) electrons. The Balaban J connectivity index is 5.24. The first-order valence-corrected chi connectivity index (χ1v) is 44.7. The van der Waals surface area contributed by atoms with Gasteiger partial charge < -0.3 is 33.8 Å². The van der Waals surface area contributed by atoms with Crippen molar-refractivity contribution < 1.29 is 80.2 Å². The second kappa shape index (κ2) is 70.1. The van der Waals surface area contributed by atoms with E-state index in [9.17, 15) is 43.2 Å². The van der Waals surface area contributed by atoms with Crippen LogP contribution >= 0.6 is 15.6 Å². The van der Waals surface area contributed by atoms with Crippen LogP contribution in [-0.2, 0) is 65.4 Å². The van der Waals surface area contributed by atoms with Crippen molar-refractivity contribution in [3.8, 4) is 0 Å². The fraction of sp³-hybridized carbons (Fsp3) is 0.951. The number of hydrogen-bond donors (Lipinski definition) is 3. The van der Waals surface area contributed by atoms with Crippen molar-refractivity contribution in [1.29, 1.82) is 0 Å². The van der Waals surface area contributed by atoms with E-state index >= 15 is 0 Å². The molecular weight excluding hydrogens is 1310 g/mol. The van der Waals surface area contributed by atoms with E-state index in [1.165, 1.54) is 212 Å². The van der Waals surface area contributed by atoms with Gasteiger partial charge in [0.15, 0.2) is 12.2 Å². The van der Waals surface area contributed by atoms with Gasteiger partial charge in [-0.15, -0.1) is 0 Å². The third-order valence-corrected chi connectivity index (χ3v) is 21.1. The van der Waals surface area contributed by atoms with Gasteiger partial charge in [-0.1, -0.05) is 364 Å². The monoisotopic (exact) mass is 1470 g/mol. The van der Waals surface area contributed by atoms with Gasteiger partial charge in [0.25, 0.3) is 0 Å². The molecule has 594 valence electrons. The highest BCUT2D eigenvalue weighted by Gasteiger charge is 2.30. The standard InChI is InChI=1S/C81H158O17P2/c1-9-74(8)60-52-44-39-40-46-54-62-79(84)92-68-77(98-81(86)64-56-48-38-32-26-20-19-23-29-35-43-51-59-73(6)7)70-96-100(89,90)94-66-75(82)65-93-99(87,88)95-69-76(97-80(85)63-55-47-37-31-25-18-14-16-22-28-34-42-50-58-72(4)5)67-91-78(83)61-53-45-36-30-24-17-13-11-10-12-15-21-27-33-41-49-57-71(2)3/h71-77,82H,9-70H2,1-8H3,(H,87,88)(H,89,90)/t74?,75-,76-,77-/m1/s1. The molecular formula is C81H158O17P2. The summed E-state index contributed by atoms with van der Waals surface area (Å²) >= 11 is 0. The molecule has 0 amide bonds. The van der Waals surface area contributed by atoms with E-state index in [-0.39, 0.29) is 25.7 Å². The molecule has 3 unspecified atom stereocenters. The first-order chi connectivity index (χ1) is 48.1. The van der Waals surface area contributed by atoms with Gasteiger partial charge in [0.1, 0.15) is 19.3 Å². The molecule has 0 aromatic heterocycles. The van der Waals surface area contributed by atoms with E-state index in [4.69, 9.17) is 37.0 Å². The molecule has 0 bridgehead atoms. The maximum atomic E-state index is 13.1. The van der Waals surface area contributed by atoms with E-state index in [0.29, 0.717) is 25.7 Å². The Morgan fingerprint density at radius 1 is 0.280 bits per heavy atom. The summed E-state index contributed by atoms with van der Waals surface area (Å²) in [4.78, 5) is 73.0. The average Bonchev–Trinajstić information content (AvgIpc) is 0.913. The van der Waals surface area contributed by atoms with Crippen molar-refractivity contribution in [1.82, 2.24) is 0 Å². The van der Waals surface area contributed by atoms with Crippen molar-refractivity contribution in [3.63, 3.8) is 0 Å². The lowest BCUT2D eigenvalue weighted by Crippen LogP contribution is -2.30. The molecule has 0 spiro atoms. The van der Waals surface area contributed by atoms with Gasteiger partial charge in [0.05, 0.1) is 26.4 Å². The number of unbranched alkanes of at least 4 members (excludes halogenated alkanes) is 43. The molecule has 0 saturated heterocycles. The molecule has 19 heteroatoms. The Bertz CT molecular complexity index is 1960. The number of carbonyl (C=O) groups excluding carboxylic acids is 4.